The number of carbonyl (C=O) groups excluding carboxylic acids is 1. The lowest BCUT2D eigenvalue weighted by molar-refractivity contribution is -0.884. The van der Waals surface area contributed by atoms with Crippen LogP contribution in [0, 0.1) is 0 Å². The van der Waals surface area contributed by atoms with Gasteiger partial charge in [-0.2, -0.15) is 4.31 Å². The number of ether oxygens (including phenoxy) is 1. The summed E-state index contributed by atoms with van der Waals surface area (Å²) in [5.74, 6) is -0.449. The molecule has 2 saturated heterocycles. The van der Waals surface area contributed by atoms with Crippen molar-refractivity contribution in [2.75, 3.05) is 59.5 Å². The molecule has 2 aliphatic rings. The smallest absolute Gasteiger partial charge is 0.267 e. The van der Waals surface area contributed by atoms with Gasteiger partial charge in [0.2, 0.25) is 10.0 Å². The molecule has 11 heteroatoms. The minimum Gasteiger partial charge on any atom is -0.379 e. The number of quaternary nitrogens is 1. The highest BCUT2D eigenvalue weighted by molar-refractivity contribution is 7.89. The molecule has 1 amide bonds. The molecule has 3 rings (SSSR count). The minimum absolute atomic E-state index is 0.00811. The second-order valence-corrected chi connectivity index (χ2v) is 9.38. The zero-order valence-corrected chi connectivity index (χ0v) is 17.3. The molecular formula is C16H23Cl2N4O4S+. The van der Waals surface area contributed by atoms with Gasteiger partial charge in [-0.25, -0.2) is 13.4 Å². The summed E-state index contributed by atoms with van der Waals surface area (Å²) >= 11 is 12.3. The Balaban J connectivity index is 1.84. The number of hydrogen-bond donors (Lipinski definition) is 2. The van der Waals surface area contributed by atoms with E-state index in [2.05, 4.69) is 12.5 Å². The predicted octanol–water partition coefficient (Wildman–Crippen LogP) is -0.511. The Morgan fingerprint density at radius 1 is 1.11 bits per heavy atom. The van der Waals surface area contributed by atoms with Gasteiger partial charge in [0.25, 0.3) is 5.91 Å². The van der Waals surface area contributed by atoms with E-state index in [1.54, 1.807) is 0 Å². The number of nitrogens with one attached hydrogen (secondary N) is 2. The van der Waals surface area contributed by atoms with E-state index in [4.69, 9.17) is 27.9 Å². The van der Waals surface area contributed by atoms with Crippen LogP contribution in [0.3, 0.4) is 0 Å². The van der Waals surface area contributed by atoms with Crippen LogP contribution in [0.5, 0.6) is 0 Å². The molecule has 1 aromatic carbocycles. The molecule has 0 atom stereocenters. The van der Waals surface area contributed by atoms with Gasteiger partial charge in [-0.3, -0.25) is 10.2 Å². The van der Waals surface area contributed by atoms with Crippen molar-refractivity contribution in [3.63, 3.8) is 0 Å². The van der Waals surface area contributed by atoms with Crippen LogP contribution in [0.1, 0.15) is 10.4 Å². The summed E-state index contributed by atoms with van der Waals surface area (Å²) in [5.41, 5.74) is 2.88. The lowest BCUT2D eigenvalue weighted by atomic mass is 10.2. The fraction of sp³-hybridized carbons (Fsp3) is 0.562. The third kappa shape index (κ3) is 4.73. The van der Waals surface area contributed by atoms with Gasteiger partial charge in [-0.15, -0.1) is 0 Å². The number of amides is 1. The summed E-state index contributed by atoms with van der Waals surface area (Å²) in [4.78, 5) is 13.9. The molecule has 0 saturated carbocycles. The number of benzene rings is 1. The largest absolute Gasteiger partial charge is 0.379 e. The van der Waals surface area contributed by atoms with Crippen LogP contribution in [-0.2, 0) is 14.8 Å². The molecule has 0 bridgehead atoms. The van der Waals surface area contributed by atoms with E-state index in [0.29, 0.717) is 26.3 Å². The van der Waals surface area contributed by atoms with E-state index in [-0.39, 0.29) is 33.6 Å². The molecule has 2 N–H and O–H groups in total. The highest BCUT2D eigenvalue weighted by Gasteiger charge is 2.30. The Labute approximate surface area is 169 Å². The van der Waals surface area contributed by atoms with E-state index in [9.17, 15) is 13.2 Å². The number of nitrogens with zero attached hydrogens (tertiary/aromatic N) is 2. The molecule has 2 fully saturated rings. The summed E-state index contributed by atoms with van der Waals surface area (Å²) in [6.07, 6.45) is 0. The Hall–Kier alpha value is -0.940. The summed E-state index contributed by atoms with van der Waals surface area (Å²) in [7, 11) is -1.74. The zero-order valence-electron chi connectivity index (χ0n) is 15.0. The number of carbonyl (C=O) groups is 1. The SMILES string of the molecule is C[NH+]1CCN(NC(=O)c2cc(S(=O)(=O)N3CCOCC3)c(Cl)cc2Cl)CC1. The number of morpholine rings is 1. The van der Waals surface area contributed by atoms with Crippen LogP contribution >= 0.6 is 23.2 Å². The highest BCUT2D eigenvalue weighted by atomic mass is 35.5. The summed E-state index contributed by atoms with van der Waals surface area (Å²) < 4.78 is 32.3. The van der Waals surface area contributed by atoms with Crippen molar-refractivity contribution >= 4 is 39.1 Å². The molecule has 27 heavy (non-hydrogen) atoms. The van der Waals surface area contributed by atoms with Crippen LogP contribution in [0.4, 0.5) is 0 Å². The molecule has 2 aliphatic heterocycles. The van der Waals surface area contributed by atoms with Gasteiger partial charge in [-0.05, 0) is 12.1 Å². The summed E-state index contributed by atoms with van der Waals surface area (Å²) in [6.45, 7) is 4.37. The minimum atomic E-state index is -3.84. The molecule has 0 unspecified atom stereocenters. The number of likely N-dealkylation sites (N-methyl/N-ethyl adjacent to an activating group) is 1. The molecule has 0 radical (unpaired) electrons. The Bertz CT molecular complexity index is 807. The normalized spacial score (nSPS) is 20.6. The lowest BCUT2D eigenvalue weighted by Gasteiger charge is -2.30. The Morgan fingerprint density at radius 3 is 2.37 bits per heavy atom. The van der Waals surface area contributed by atoms with Gasteiger partial charge >= 0.3 is 0 Å². The van der Waals surface area contributed by atoms with Crippen LogP contribution in [0.15, 0.2) is 17.0 Å². The first kappa shape index (κ1) is 20.8. The molecule has 2 heterocycles. The van der Waals surface area contributed by atoms with Crippen molar-refractivity contribution in [1.29, 1.82) is 0 Å². The van der Waals surface area contributed by atoms with E-state index < -0.39 is 15.9 Å². The second kappa shape index (κ2) is 8.60. The molecular weight excluding hydrogens is 415 g/mol. The van der Waals surface area contributed by atoms with Gasteiger partial charge in [0.1, 0.15) is 4.90 Å². The zero-order chi connectivity index (χ0) is 19.6. The second-order valence-electron chi connectivity index (χ2n) is 6.66. The first-order valence-electron chi connectivity index (χ1n) is 8.73. The maximum absolute atomic E-state index is 12.9. The summed E-state index contributed by atoms with van der Waals surface area (Å²) in [6, 6.07) is 2.56. The number of piperazine rings is 1. The van der Waals surface area contributed by atoms with Gasteiger partial charge in [0.15, 0.2) is 0 Å². The maximum Gasteiger partial charge on any atom is 0.267 e. The maximum atomic E-state index is 12.9. The number of sulfonamides is 1. The van der Waals surface area contributed by atoms with E-state index in [0.717, 1.165) is 13.1 Å². The number of hydrogen-bond acceptors (Lipinski definition) is 5. The average Bonchev–Trinajstić information content (AvgIpc) is 2.64. The van der Waals surface area contributed by atoms with Crippen molar-refractivity contribution in [1.82, 2.24) is 14.7 Å². The molecule has 1 aromatic rings. The van der Waals surface area contributed by atoms with Crippen molar-refractivity contribution in [2.45, 2.75) is 4.90 Å². The predicted molar refractivity (Wildman–Crippen MR) is 102 cm³/mol. The van der Waals surface area contributed by atoms with E-state index in [1.165, 1.54) is 21.3 Å². The quantitative estimate of drug-likeness (QED) is 0.662. The van der Waals surface area contributed by atoms with E-state index in [1.807, 2.05) is 5.01 Å². The fourth-order valence-corrected chi connectivity index (χ4v) is 5.27. The van der Waals surface area contributed by atoms with Crippen molar-refractivity contribution in [3.05, 3.63) is 27.7 Å². The van der Waals surface area contributed by atoms with Crippen LogP contribution in [-0.4, -0.2) is 83.2 Å². The third-order valence-electron chi connectivity index (χ3n) is 4.73. The monoisotopic (exact) mass is 437 g/mol. The van der Waals surface area contributed by atoms with Crippen LogP contribution in [0.2, 0.25) is 10.0 Å². The van der Waals surface area contributed by atoms with Crippen molar-refractivity contribution < 1.29 is 22.8 Å². The highest BCUT2D eigenvalue weighted by Crippen LogP contribution is 2.31. The number of rotatable bonds is 4. The molecule has 0 aromatic heterocycles. The fourth-order valence-electron chi connectivity index (χ4n) is 3.03. The van der Waals surface area contributed by atoms with Crippen LogP contribution in [0.25, 0.3) is 0 Å². The van der Waals surface area contributed by atoms with Gasteiger partial charge in [-0.1, -0.05) is 23.2 Å². The number of hydrazine groups is 1. The van der Waals surface area contributed by atoms with Gasteiger partial charge in [0.05, 0.1) is 62.0 Å². The average molecular weight is 438 g/mol. The van der Waals surface area contributed by atoms with E-state index >= 15 is 0 Å². The third-order valence-corrected chi connectivity index (χ3v) is 7.41. The molecule has 0 spiro atoms. The van der Waals surface area contributed by atoms with Crippen molar-refractivity contribution in [3.8, 4) is 0 Å². The molecule has 150 valence electrons. The van der Waals surface area contributed by atoms with Crippen molar-refractivity contribution in [2.24, 2.45) is 0 Å². The van der Waals surface area contributed by atoms with Crippen LogP contribution < -0.4 is 10.3 Å². The molecule has 8 nitrogen and oxygen atoms in total. The standard InChI is InChI=1S/C16H22Cl2N4O4S/c1-20-2-4-21(5-3-20)19-16(23)12-10-15(14(18)11-13(12)17)27(24,25)22-6-8-26-9-7-22/h10-11H,2-9H2,1H3,(H,19,23)/p+1. The van der Waals surface area contributed by atoms with Gasteiger partial charge < -0.3 is 9.64 Å². The summed E-state index contributed by atoms with van der Waals surface area (Å²) in [5, 5.41) is 1.92. The first-order valence-corrected chi connectivity index (χ1v) is 10.9. The Kier molecular flexibility index (Phi) is 6.62. The first-order chi connectivity index (χ1) is 12.8. The van der Waals surface area contributed by atoms with Gasteiger partial charge in [0, 0.05) is 13.1 Å². The Morgan fingerprint density at radius 2 is 1.74 bits per heavy atom. The molecule has 0 aliphatic carbocycles. The number of halogens is 2. The topological polar surface area (TPSA) is 83.4 Å². The lowest BCUT2D eigenvalue weighted by Crippen LogP contribution is -3.12.